The molecule has 0 aliphatic carbocycles. The van der Waals surface area contributed by atoms with E-state index in [1.165, 1.54) is 0 Å². The van der Waals surface area contributed by atoms with Gasteiger partial charge in [-0.3, -0.25) is 0 Å². The zero-order chi connectivity index (χ0) is 12.0. The Labute approximate surface area is 97.7 Å². The summed E-state index contributed by atoms with van der Waals surface area (Å²) >= 11 is 0. The van der Waals surface area contributed by atoms with E-state index in [9.17, 15) is 8.42 Å². The number of rotatable bonds is 0. The number of nitrogens with one attached hydrogen (secondary N) is 1. The van der Waals surface area contributed by atoms with Crippen molar-refractivity contribution in [3.63, 3.8) is 0 Å². The molecule has 0 amide bonds. The van der Waals surface area contributed by atoms with Gasteiger partial charge < -0.3 is 10.1 Å². The van der Waals surface area contributed by atoms with E-state index < -0.39 is 15.4 Å². The van der Waals surface area contributed by atoms with E-state index in [-0.39, 0.29) is 23.0 Å². The smallest absolute Gasteiger partial charge is 0.153 e. The van der Waals surface area contributed by atoms with E-state index >= 15 is 0 Å². The molecule has 2 unspecified atom stereocenters. The first-order valence-electron chi connectivity index (χ1n) is 5.83. The lowest BCUT2D eigenvalue weighted by molar-refractivity contribution is -0.105. The Hall–Kier alpha value is -0.130. The fourth-order valence-electron chi connectivity index (χ4n) is 3.01. The van der Waals surface area contributed by atoms with Crippen LogP contribution in [-0.2, 0) is 14.6 Å². The molecular formula is C11H21NO3S. The molecule has 16 heavy (non-hydrogen) atoms. The van der Waals surface area contributed by atoms with Crippen LogP contribution in [0.15, 0.2) is 0 Å². The van der Waals surface area contributed by atoms with Gasteiger partial charge in [0.1, 0.15) is 0 Å². The topological polar surface area (TPSA) is 55.4 Å². The van der Waals surface area contributed by atoms with Gasteiger partial charge in [-0.05, 0) is 11.8 Å². The Morgan fingerprint density at radius 3 is 2.56 bits per heavy atom. The number of ether oxygens (including phenoxy) is 1. The van der Waals surface area contributed by atoms with Gasteiger partial charge in [0.25, 0.3) is 0 Å². The lowest BCUT2D eigenvalue weighted by Crippen LogP contribution is -2.63. The summed E-state index contributed by atoms with van der Waals surface area (Å²) in [6.07, 6.45) is 0.629. The molecule has 2 fully saturated rings. The van der Waals surface area contributed by atoms with Gasteiger partial charge in [-0.2, -0.15) is 0 Å². The van der Waals surface area contributed by atoms with Crippen molar-refractivity contribution in [3.05, 3.63) is 0 Å². The molecule has 2 rings (SSSR count). The quantitative estimate of drug-likeness (QED) is 0.680. The van der Waals surface area contributed by atoms with Crippen LogP contribution >= 0.6 is 0 Å². The summed E-state index contributed by atoms with van der Waals surface area (Å²) in [5.41, 5.74) is -0.477. The number of morpholine rings is 1. The van der Waals surface area contributed by atoms with Gasteiger partial charge in [0.15, 0.2) is 9.84 Å². The van der Waals surface area contributed by atoms with Gasteiger partial charge in [0, 0.05) is 12.6 Å². The molecule has 5 heteroatoms. The highest BCUT2D eigenvalue weighted by Gasteiger charge is 2.53. The van der Waals surface area contributed by atoms with Crippen LogP contribution in [0, 0.1) is 5.41 Å². The van der Waals surface area contributed by atoms with Gasteiger partial charge in [-0.25, -0.2) is 8.42 Å². The minimum absolute atomic E-state index is 0.0142. The lowest BCUT2D eigenvalue weighted by atomic mass is 9.75. The summed E-state index contributed by atoms with van der Waals surface area (Å²) in [7, 11) is -2.91. The zero-order valence-corrected chi connectivity index (χ0v) is 11.1. The Balaban J connectivity index is 2.30. The maximum absolute atomic E-state index is 11.7. The minimum Gasteiger partial charge on any atom is -0.371 e. The molecule has 0 radical (unpaired) electrons. The first kappa shape index (κ1) is 12.3. The Kier molecular flexibility index (Phi) is 2.84. The molecule has 4 nitrogen and oxygen atoms in total. The average Bonchev–Trinajstić information content (AvgIpc) is 2.41. The Morgan fingerprint density at radius 1 is 1.38 bits per heavy atom. The molecule has 2 saturated heterocycles. The summed E-state index contributed by atoms with van der Waals surface area (Å²) < 4.78 is 29.2. The van der Waals surface area contributed by atoms with Gasteiger partial charge in [0.2, 0.25) is 0 Å². The van der Waals surface area contributed by atoms with Crippen molar-refractivity contribution < 1.29 is 13.2 Å². The molecule has 0 aromatic rings. The lowest BCUT2D eigenvalue weighted by Gasteiger charge is -2.47. The minimum atomic E-state index is -2.91. The zero-order valence-electron chi connectivity index (χ0n) is 10.2. The average molecular weight is 247 g/mol. The van der Waals surface area contributed by atoms with E-state index in [0.717, 1.165) is 6.54 Å². The molecule has 0 saturated carbocycles. The molecular weight excluding hydrogens is 226 g/mol. The molecule has 2 heterocycles. The van der Waals surface area contributed by atoms with E-state index in [1.807, 2.05) is 0 Å². The number of hydrogen-bond donors (Lipinski definition) is 1. The summed E-state index contributed by atoms with van der Waals surface area (Å²) in [6.45, 7) is 7.82. The van der Waals surface area contributed by atoms with Crippen LogP contribution in [-0.4, -0.2) is 44.7 Å². The second-order valence-electron chi connectivity index (χ2n) is 6.01. The van der Waals surface area contributed by atoms with Crippen molar-refractivity contribution in [1.82, 2.24) is 5.32 Å². The fourth-order valence-corrected chi connectivity index (χ4v) is 4.95. The second kappa shape index (κ2) is 3.68. The van der Waals surface area contributed by atoms with Gasteiger partial charge >= 0.3 is 0 Å². The van der Waals surface area contributed by atoms with E-state index in [1.54, 1.807) is 0 Å². The standard InChI is InChI=1S/C11H21NO3S/c1-10(2,3)9-11(15-6-5-12-9)4-7-16(13,14)8-11/h9,12H,4-8H2,1-3H3. The third-order valence-electron chi connectivity index (χ3n) is 3.53. The molecule has 2 atom stereocenters. The Bertz CT molecular complexity index is 371. The molecule has 0 aromatic heterocycles. The van der Waals surface area contributed by atoms with E-state index in [0.29, 0.717) is 13.0 Å². The molecule has 1 spiro atoms. The highest BCUT2D eigenvalue weighted by atomic mass is 32.2. The molecule has 2 aliphatic heterocycles. The van der Waals surface area contributed by atoms with Crippen molar-refractivity contribution in [1.29, 1.82) is 0 Å². The van der Waals surface area contributed by atoms with Gasteiger partial charge in [-0.1, -0.05) is 20.8 Å². The molecule has 0 bridgehead atoms. The van der Waals surface area contributed by atoms with Crippen molar-refractivity contribution in [2.75, 3.05) is 24.7 Å². The highest BCUT2D eigenvalue weighted by Crippen LogP contribution is 2.39. The van der Waals surface area contributed by atoms with Crippen molar-refractivity contribution in [2.24, 2.45) is 5.41 Å². The fraction of sp³-hybridized carbons (Fsp3) is 1.00. The normalized spacial score (nSPS) is 39.1. The second-order valence-corrected chi connectivity index (χ2v) is 8.19. The summed E-state index contributed by atoms with van der Waals surface area (Å²) in [5, 5.41) is 3.44. The molecule has 2 aliphatic rings. The first-order chi connectivity index (χ1) is 7.25. The maximum atomic E-state index is 11.7. The SMILES string of the molecule is CC(C)(C)C1NCCOC12CCS(=O)(=O)C2. The summed E-state index contributed by atoms with van der Waals surface area (Å²) in [6, 6.07) is 0.117. The summed E-state index contributed by atoms with van der Waals surface area (Å²) in [5.74, 6) is 0.441. The maximum Gasteiger partial charge on any atom is 0.153 e. The van der Waals surface area contributed by atoms with Gasteiger partial charge in [-0.15, -0.1) is 0 Å². The van der Waals surface area contributed by atoms with Crippen LogP contribution in [0.25, 0.3) is 0 Å². The molecule has 0 aromatic carbocycles. The Morgan fingerprint density at radius 2 is 2.06 bits per heavy atom. The van der Waals surface area contributed by atoms with Crippen molar-refractivity contribution in [2.45, 2.75) is 38.8 Å². The number of hydrogen-bond acceptors (Lipinski definition) is 4. The number of sulfone groups is 1. The van der Waals surface area contributed by atoms with Crippen molar-refractivity contribution in [3.8, 4) is 0 Å². The van der Waals surface area contributed by atoms with Gasteiger partial charge in [0.05, 0.1) is 23.7 Å². The van der Waals surface area contributed by atoms with E-state index in [2.05, 4.69) is 26.1 Å². The summed E-state index contributed by atoms with van der Waals surface area (Å²) in [4.78, 5) is 0. The highest BCUT2D eigenvalue weighted by molar-refractivity contribution is 7.91. The third-order valence-corrected chi connectivity index (χ3v) is 5.29. The largest absolute Gasteiger partial charge is 0.371 e. The molecule has 1 N–H and O–H groups in total. The molecule has 94 valence electrons. The third kappa shape index (κ3) is 2.13. The van der Waals surface area contributed by atoms with Crippen LogP contribution in [0.3, 0.4) is 0 Å². The predicted molar refractivity (Wildman–Crippen MR) is 63.2 cm³/mol. The first-order valence-corrected chi connectivity index (χ1v) is 7.65. The van der Waals surface area contributed by atoms with E-state index in [4.69, 9.17) is 4.74 Å². The predicted octanol–water partition coefficient (Wildman–Crippen LogP) is 0.578. The monoisotopic (exact) mass is 247 g/mol. The van der Waals surface area contributed by atoms with Crippen LogP contribution in [0.4, 0.5) is 0 Å². The van der Waals surface area contributed by atoms with Crippen molar-refractivity contribution >= 4 is 9.84 Å². The van der Waals surface area contributed by atoms with Crippen LogP contribution in [0.5, 0.6) is 0 Å². The van der Waals surface area contributed by atoms with Crippen LogP contribution < -0.4 is 5.32 Å². The van der Waals surface area contributed by atoms with Crippen LogP contribution in [0.1, 0.15) is 27.2 Å². The van der Waals surface area contributed by atoms with Crippen LogP contribution in [0.2, 0.25) is 0 Å².